The van der Waals surface area contributed by atoms with Crippen LogP contribution in [-0.4, -0.2) is 25.6 Å². The zero-order valence-electron chi connectivity index (χ0n) is 12.1. The van der Waals surface area contributed by atoms with Gasteiger partial charge in [0.2, 0.25) is 0 Å². The first-order chi connectivity index (χ1) is 11.0. The average Bonchev–Trinajstić information content (AvgIpc) is 2.51. The minimum atomic E-state index is -0.799. The minimum Gasteiger partial charge on any atom is -0.484 e. The predicted molar refractivity (Wildman–Crippen MR) is 78.3 cm³/mol. The van der Waals surface area contributed by atoms with E-state index in [0.717, 1.165) is 12.1 Å². The second-order valence-electron chi connectivity index (χ2n) is 4.51. The van der Waals surface area contributed by atoms with Crippen molar-refractivity contribution >= 4 is 17.6 Å². The Labute approximate surface area is 130 Å². The van der Waals surface area contributed by atoms with Crippen LogP contribution in [0.3, 0.4) is 0 Å². The number of benzene rings is 2. The SMILES string of the molecule is COC(=O)c1cccc(OCC(=O)Nc2cc(F)cc(F)c2)c1. The second kappa shape index (κ2) is 7.35. The molecule has 7 heteroatoms. The quantitative estimate of drug-likeness (QED) is 0.860. The third-order valence-corrected chi connectivity index (χ3v) is 2.77. The Kier molecular flexibility index (Phi) is 5.24. The molecule has 0 aliphatic carbocycles. The summed E-state index contributed by atoms with van der Waals surface area (Å²) in [6, 6.07) is 8.75. The van der Waals surface area contributed by atoms with E-state index in [2.05, 4.69) is 10.1 Å². The van der Waals surface area contributed by atoms with Crippen LogP contribution >= 0.6 is 0 Å². The first kappa shape index (κ1) is 16.4. The fourth-order valence-electron chi connectivity index (χ4n) is 1.80. The van der Waals surface area contributed by atoms with Crippen molar-refractivity contribution in [3.05, 3.63) is 59.7 Å². The van der Waals surface area contributed by atoms with Crippen molar-refractivity contribution in [1.82, 2.24) is 0 Å². The lowest BCUT2D eigenvalue weighted by atomic mass is 10.2. The fraction of sp³-hybridized carbons (Fsp3) is 0.125. The van der Waals surface area contributed by atoms with Gasteiger partial charge in [0.05, 0.1) is 12.7 Å². The highest BCUT2D eigenvalue weighted by atomic mass is 19.1. The Bertz CT molecular complexity index is 714. The summed E-state index contributed by atoms with van der Waals surface area (Å²) in [5.41, 5.74) is 0.261. The highest BCUT2D eigenvalue weighted by Gasteiger charge is 2.09. The minimum absolute atomic E-state index is 0.0144. The van der Waals surface area contributed by atoms with E-state index >= 15 is 0 Å². The molecular weight excluding hydrogens is 308 g/mol. The lowest BCUT2D eigenvalue weighted by Gasteiger charge is -2.08. The lowest BCUT2D eigenvalue weighted by Crippen LogP contribution is -2.20. The van der Waals surface area contributed by atoms with Gasteiger partial charge in [-0.2, -0.15) is 0 Å². The molecule has 0 fully saturated rings. The third-order valence-electron chi connectivity index (χ3n) is 2.77. The van der Waals surface area contributed by atoms with Gasteiger partial charge in [0, 0.05) is 11.8 Å². The van der Waals surface area contributed by atoms with Crippen LogP contribution < -0.4 is 10.1 Å². The van der Waals surface area contributed by atoms with Crippen LogP contribution in [0.15, 0.2) is 42.5 Å². The third kappa shape index (κ3) is 4.77. The first-order valence-electron chi connectivity index (χ1n) is 6.55. The van der Waals surface area contributed by atoms with Crippen molar-refractivity contribution in [1.29, 1.82) is 0 Å². The summed E-state index contributed by atoms with van der Waals surface area (Å²) >= 11 is 0. The van der Waals surface area contributed by atoms with E-state index in [1.807, 2.05) is 0 Å². The topological polar surface area (TPSA) is 64.6 Å². The highest BCUT2D eigenvalue weighted by molar-refractivity contribution is 5.92. The van der Waals surface area contributed by atoms with Gasteiger partial charge < -0.3 is 14.8 Å². The van der Waals surface area contributed by atoms with E-state index in [1.54, 1.807) is 12.1 Å². The Morgan fingerprint density at radius 2 is 1.78 bits per heavy atom. The van der Waals surface area contributed by atoms with Crippen LogP contribution in [-0.2, 0) is 9.53 Å². The summed E-state index contributed by atoms with van der Waals surface area (Å²) in [5, 5.41) is 2.31. The number of ether oxygens (including phenoxy) is 2. The van der Waals surface area contributed by atoms with Gasteiger partial charge >= 0.3 is 5.97 Å². The van der Waals surface area contributed by atoms with E-state index in [-0.39, 0.29) is 23.6 Å². The fourth-order valence-corrected chi connectivity index (χ4v) is 1.80. The van der Waals surface area contributed by atoms with Crippen molar-refractivity contribution in [2.45, 2.75) is 0 Å². The smallest absolute Gasteiger partial charge is 0.337 e. The van der Waals surface area contributed by atoms with Crippen LogP contribution in [0.4, 0.5) is 14.5 Å². The molecule has 23 heavy (non-hydrogen) atoms. The largest absolute Gasteiger partial charge is 0.484 e. The monoisotopic (exact) mass is 321 g/mol. The van der Waals surface area contributed by atoms with Gasteiger partial charge in [0.25, 0.3) is 5.91 Å². The normalized spacial score (nSPS) is 10.0. The molecule has 0 bridgehead atoms. The summed E-state index contributed by atoms with van der Waals surface area (Å²) in [6.45, 7) is -0.386. The number of hydrogen-bond donors (Lipinski definition) is 1. The molecule has 0 aliphatic heterocycles. The second-order valence-corrected chi connectivity index (χ2v) is 4.51. The maximum Gasteiger partial charge on any atom is 0.337 e. The van der Waals surface area contributed by atoms with E-state index in [4.69, 9.17) is 4.74 Å². The van der Waals surface area contributed by atoms with Crippen molar-refractivity contribution in [3.8, 4) is 5.75 Å². The Morgan fingerprint density at radius 3 is 2.43 bits per heavy atom. The highest BCUT2D eigenvalue weighted by Crippen LogP contribution is 2.15. The van der Waals surface area contributed by atoms with Crippen molar-refractivity contribution in [2.24, 2.45) is 0 Å². The molecule has 2 aromatic rings. The number of carbonyl (C=O) groups excluding carboxylic acids is 2. The zero-order chi connectivity index (χ0) is 16.8. The molecule has 0 radical (unpaired) electrons. The molecule has 0 saturated heterocycles. The van der Waals surface area contributed by atoms with Gasteiger partial charge in [0.15, 0.2) is 6.61 Å². The molecule has 1 amide bonds. The van der Waals surface area contributed by atoms with Gasteiger partial charge in [-0.05, 0) is 30.3 Å². The molecule has 0 unspecified atom stereocenters. The molecule has 0 aromatic heterocycles. The Hall–Kier alpha value is -2.96. The van der Waals surface area contributed by atoms with Gasteiger partial charge in [-0.25, -0.2) is 13.6 Å². The van der Waals surface area contributed by atoms with E-state index in [9.17, 15) is 18.4 Å². The molecule has 0 saturated carbocycles. The molecule has 0 aliphatic rings. The molecule has 0 atom stereocenters. The maximum absolute atomic E-state index is 13.0. The van der Waals surface area contributed by atoms with Gasteiger partial charge in [-0.15, -0.1) is 0 Å². The lowest BCUT2D eigenvalue weighted by molar-refractivity contribution is -0.118. The maximum atomic E-state index is 13.0. The number of halogens is 2. The Balaban J connectivity index is 1.95. The number of esters is 1. The summed E-state index contributed by atoms with van der Waals surface area (Å²) in [5.74, 6) is -2.44. The van der Waals surface area contributed by atoms with Gasteiger partial charge in [-0.1, -0.05) is 6.07 Å². The molecule has 0 heterocycles. The number of amides is 1. The van der Waals surface area contributed by atoms with E-state index < -0.39 is 23.5 Å². The number of nitrogens with one attached hydrogen (secondary N) is 1. The summed E-state index contributed by atoms with van der Waals surface area (Å²) < 4.78 is 35.8. The van der Waals surface area contributed by atoms with Crippen molar-refractivity contribution < 1.29 is 27.8 Å². The van der Waals surface area contributed by atoms with Crippen molar-refractivity contribution in [3.63, 3.8) is 0 Å². The number of rotatable bonds is 5. The first-order valence-corrected chi connectivity index (χ1v) is 6.55. The summed E-state index contributed by atoms with van der Waals surface area (Å²) in [4.78, 5) is 23.1. The number of methoxy groups -OCH3 is 1. The van der Waals surface area contributed by atoms with Crippen LogP contribution in [0.5, 0.6) is 5.75 Å². The van der Waals surface area contributed by atoms with Gasteiger partial charge in [-0.3, -0.25) is 4.79 Å². The molecular formula is C16H13F2NO4. The van der Waals surface area contributed by atoms with Crippen LogP contribution in [0.1, 0.15) is 10.4 Å². The molecule has 2 aromatic carbocycles. The molecule has 2 rings (SSSR count). The average molecular weight is 321 g/mol. The van der Waals surface area contributed by atoms with Crippen LogP contribution in [0.25, 0.3) is 0 Å². The zero-order valence-corrected chi connectivity index (χ0v) is 12.1. The molecule has 5 nitrogen and oxygen atoms in total. The predicted octanol–water partition coefficient (Wildman–Crippen LogP) is 2.77. The summed E-state index contributed by atoms with van der Waals surface area (Å²) in [6.07, 6.45) is 0. The number of anilines is 1. The van der Waals surface area contributed by atoms with Crippen molar-refractivity contribution in [2.75, 3.05) is 19.0 Å². The van der Waals surface area contributed by atoms with E-state index in [1.165, 1.54) is 19.2 Å². The number of carbonyl (C=O) groups is 2. The van der Waals surface area contributed by atoms with Gasteiger partial charge in [0.1, 0.15) is 17.4 Å². The molecule has 1 N–H and O–H groups in total. The number of hydrogen-bond acceptors (Lipinski definition) is 4. The molecule has 0 spiro atoms. The Morgan fingerprint density at radius 1 is 1.09 bits per heavy atom. The standard InChI is InChI=1S/C16H13F2NO4/c1-22-16(21)10-3-2-4-14(5-10)23-9-15(20)19-13-7-11(17)6-12(18)8-13/h2-8H,9H2,1H3,(H,19,20). The van der Waals surface area contributed by atoms with E-state index in [0.29, 0.717) is 6.07 Å². The summed E-state index contributed by atoms with van der Waals surface area (Å²) in [7, 11) is 1.25. The van der Waals surface area contributed by atoms with Crippen LogP contribution in [0.2, 0.25) is 0 Å². The molecule has 120 valence electrons. The van der Waals surface area contributed by atoms with Crippen LogP contribution in [0, 0.1) is 11.6 Å².